The molecule has 0 spiro atoms. The topological polar surface area (TPSA) is 172 Å². The van der Waals surface area contributed by atoms with Gasteiger partial charge in [0, 0.05) is 33.8 Å². The van der Waals surface area contributed by atoms with Crippen LogP contribution in [0.25, 0.3) is 11.4 Å². The number of nitrogens with two attached hydrogens (primary N) is 1. The van der Waals surface area contributed by atoms with Crippen LogP contribution in [-0.4, -0.2) is 40.6 Å². The average molecular weight is 562 g/mol. The Hall–Kier alpha value is -4.55. The van der Waals surface area contributed by atoms with E-state index in [4.69, 9.17) is 5.73 Å². The molecule has 0 bridgehead atoms. The van der Waals surface area contributed by atoms with Gasteiger partial charge in [-0.25, -0.2) is 8.42 Å². The number of rotatable bonds is 8. The number of amides is 1. The second kappa shape index (κ2) is 11.3. The molecule has 1 heterocycles. The predicted octanol–water partition coefficient (Wildman–Crippen LogP) is 4.28. The van der Waals surface area contributed by atoms with Crippen molar-refractivity contribution in [2.75, 3.05) is 27.3 Å². The number of nitrogens with one attached hydrogen (secondary N) is 3. The number of carbonyl (C=O) groups excluding carboxylic acids is 1. The first-order chi connectivity index (χ1) is 18.8. The van der Waals surface area contributed by atoms with Gasteiger partial charge in [-0.15, -0.1) is 0 Å². The zero-order chi connectivity index (χ0) is 29.1. The molecular weight excluding hydrogens is 530 g/mol. The molecule has 0 atom stereocenters. The molecule has 0 radical (unpaired) electrons. The molecule has 208 valence electrons. The van der Waals surface area contributed by atoms with Crippen LogP contribution in [-0.2, 0) is 22.0 Å². The van der Waals surface area contributed by atoms with Gasteiger partial charge in [0.1, 0.15) is 0 Å². The number of carbonyl (C=O) groups is 1. The third-order valence-corrected chi connectivity index (χ3v) is 6.54. The summed E-state index contributed by atoms with van der Waals surface area (Å²) < 4.78 is 25.3. The Morgan fingerprint density at radius 1 is 0.925 bits per heavy atom. The van der Waals surface area contributed by atoms with Crippen LogP contribution in [0.1, 0.15) is 42.3 Å². The number of nitrogens with zero attached hydrogens (tertiary/aromatic N) is 3. The second-order valence-corrected chi connectivity index (χ2v) is 11.9. The monoisotopic (exact) mass is 561 g/mol. The largest absolute Gasteiger partial charge is 0.392 e. The zero-order valence-corrected chi connectivity index (χ0v) is 23.4. The maximum absolute atomic E-state index is 13.0. The summed E-state index contributed by atoms with van der Waals surface area (Å²) in [6.45, 7) is 5.92. The van der Waals surface area contributed by atoms with Gasteiger partial charge in [0.15, 0.2) is 5.82 Å². The van der Waals surface area contributed by atoms with Gasteiger partial charge >= 0.3 is 0 Å². The molecule has 1 aromatic heterocycles. The molecule has 11 nitrogen and oxygen atoms in total. The van der Waals surface area contributed by atoms with Crippen LogP contribution in [0.3, 0.4) is 0 Å². The van der Waals surface area contributed by atoms with Crippen molar-refractivity contribution in [1.29, 1.82) is 0 Å². The SMILES string of the molecule is CC(C)(C)c1ccc(C(=O)Nc2cccc(-c3nc(N)nc(Nc4ccc(NS(C)(=O)=O)cc4)n3)c2CO)cc1. The number of hydrogen-bond acceptors (Lipinski definition) is 9. The molecule has 0 aliphatic heterocycles. The second-order valence-electron chi connectivity index (χ2n) is 10.2. The van der Waals surface area contributed by atoms with Crippen molar-refractivity contribution in [3.63, 3.8) is 0 Å². The van der Waals surface area contributed by atoms with E-state index < -0.39 is 16.6 Å². The van der Waals surface area contributed by atoms with Gasteiger partial charge < -0.3 is 21.5 Å². The Morgan fingerprint density at radius 2 is 1.57 bits per heavy atom. The summed E-state index contributed by atoms with van der Waals surface area (Å²) in [5, 5.41) is 16.1. The number of benzene rings is 3. The predicted molar refractivity (Wildman–Crippen MR) is 157 cm³/mol. The van der Waals surface area contributed by atoms with Crippen LogP contribution in [0.4, 0.5) is 29.0 Å². The van der Waals surface area contributed by atoms with Gasteiger partial charge in [0.25, 0.3) is 5.91 Å². The molecule has 6 N–H and O–H groups in total. The lowest BCUT2D eigenvalue weighted by Crippen LogP contribution is -2.15. The van der Waals surface area contributed by atoms with Crippen LogP contribution >= 0.6 is 0 Å². The van der Waals surface area contributed by atoms with Crippen molar-refractivity contribution in [2.24, 2.45) is 0 Å². The van der Waals surface area contributed by atoms with Crippen molar-refractivity contribution in [1.82, 2.24) is 15.0 Å². The smallest absolute Gasteiger partial charge is 0.255 e. The molecule has 4 aromatic rings. The highest BCUT2D eigenvalue weighted by Crippen LogP contribution is 2.29. The summed E-state index contributed by atoms with van der Waals surface area (Å²) >= 11 is 0. The van der Waals surface area contributed by atoms with Crippen molar-refractivity contribution in [3.05, 3.63) is 83.4 Å². The number of nitrogen functional groups attached to an aromatic ring is 1. The van der Waals surface area contributed by atoms with E-state index in [0.717, 1.165) is 11.8 Å². The van der Waals surface area contributed by atoms with Gasteiger partial charge in [-0.3, -0.25) is 9.52 Å². The molecule has 4 rings (SSSR count). The Labute approximate surface area is 233 Å². The van der Waals surface area contributed by atoms with E-state index in [1.807, 2.05) is 12.1 Å². The van der Waals surface area contributed by atoms with Crippen molar-refractivity contribution in [2.45, 2.75) is 32.8 Å². The number of anilines is 5. The molecule has 0 saturated heterocycles. The Morgan fingerprint density at radius 3 is 2.17 bits per heavy atom. The van der Waals surface area contributed by atoms with E-state index in [2.05, 4.69) is 51.1 Å². The minimum atomic E-state index is -3.40. The summed E-state index contributed by atoms with van der Waals surface area (Å²) in [4.78, 5) is 25.8. The van der Waals surface area contributed by atoms with Crippen molar-refractivity contribution >= 4 is 44.9 Å². The Bertz CT molecular complexity index is 1630. The van der Waals surface area contributed by atoms with Gasteiger partial charge in [0.05, 0.1) is 12.9 Å². The Balaban J connectivity index is 1.59. The minimum Gasteiger partial charge on any atom is -0.392 e. The number of hydrogen-bond donors (Lipinski definition) is 5. The fraction of sp³-hybridized carbons (Fsp3) is 0.214. The standard InChI is InChI=1S/C28H31N7O4S/c1-28(2,3)18-10-8-17(9-11-18)25(37)31-23-7-5-6-21(22(23)16-36)24-32-26(29)34-27(33-24)30-19-12-14-20(15-13-19)35-40(4,38)39/h5-15,35-36H,16H2,1-4H3,(H,31,37)(H3,29,30,32,33,34). The number of aliphatic hydroxyl groups is 1. The van der Waals surface area contributed by atoms with Crippen LogP contribution in [0.5, 0.6) is 0 Å². The lowest BCUT2D eigenvalue weighted by atomic mass is 9.86. The van der Waals surface area contributed by atoms with Crippen LogP contribution in [0.15, 0.2) is 66.7 Å². The van der Waals surface area contributed by atoms with Gasteiger partial charge in [-0.05, 0) is 53.4 Å². The van der Waals surface area contributed by atoms with Crippen molar-refractivity contribution in [3.8, 4) is 11.4 Å². The molecule has 1 amide bonds. The fourth-order valence-corrected chi connectivity index (χ4v) is 4.50. The third-order valence-electron chi connectivity index (χ3n) is 5.93. The summed E-state index contributed by atoms with van der Waals surface area (Å²) in [6.07, 6.45) is 1.07. The quantitative estimate of drug-likeness (QED) is 0.210. The molecule has 0 fully saturated rings. The molecule has 12 heteroatoms. The van der Waals surface area contributed by atoms with Crippen molar-refractivity contribution < 1.29 is 18.3 Å². The van der Waals surface area contributed by atoms with E-state index in [1.165, 1.54) is 0 Å². The number of aromatic nitrogens is 3. The lowest BCUT2D eigenvalue weighted by Gasteiger charge is -2.19. The lowest BCUT2D eigenvalue weighted by molar-refractivity contribution is 0.102. The van der Waals surface area contributed by atoms with Gasteiger partial charge in [0.2, 0.25) is 21.9 Å². The van der Waals surface area contributed by atoms with Gasteiger partial charge in [-0.1, -0.05) is 45.0 Å². The van der Waals surface area contributed by atoms with E-state index in [-0.39, 0.29) is 29.0 Å². The van der Waals surface area contributed by atoms with E-state index >= 15 is 0 Å². The summed E-state index contributed by atoms with van der Waals surface area (Å²) in [5.41, 5.74) is 9.79. The average Bonchev–Trinajstić information content (AvgIpc) is 2.88. The fourth-order valence-electron chi connectivity index (χ4n) is 3.93. The number of aliphatic hydroxyl groups excluding tert-OH is 1. The normalized spacial score (nSPS) is 11.6. The van der Waals surface area contributed by atoms with E-state index in [1.54, 1.807) is 54.6 Å². The Kier molecular flexibility index (Phi) is 8.03. The van der Waals surface area contributed by atoms with Crippen LogP contribution in [0, 0.1) is 0 Å². The van der Waals surface area contributed by atoms with Crippen LogP contribution < -0.4 is 21.1 Å². The highest BCUT2D eigenvalue weighted by molar-refractivity contribution is 7.92. The molecule has 0 unspecified atom stereocenters. The molecule has 0 aliphatic rings. The molecular formula is C28H31N7O4S. The molecule has 0 saturated carbocycles. The molecule has 40 heavy (non-hydrogen) atoms. The van der Waals surface area contributed by atoms with Crippen LogP contribution in [0.2, 0.25) is 0 Å². The molecule has 0 aliphatic carbocycles. The maximum atomic E-state index is 13.0. The summed E-state index contributed by atoms with van der Waals surface area (Å²) in [5.74, 6) is -0.0394. The van der Waals surface area contributed by atoms with Gasteiger partial charge in [-0.2, -0.15) is 15.0 Å². The zero-order valence-electron chi connectivity index (χ0n) is 22.6. The molecule has 3 aromatic carbocycles. The maximum Gasteiger partial charge on any atom is 0.255 e. The first kappa shape index (κ1) is 28.5. The minimum absolute atomic E-state index is 0.0353. The first-order valence-electron chi connectivity index (χ1n) is 12.3. The van der Waals surface area contributed by atoms with E-state index in [0.29, 0.717) is 33.8 Å². The highest BCUT2D eigenvalue weighted by Gasteiger charge is 2.18. The summed E-state index contributed by atoms with van der Waals surface area (Å²) in [6, 6.07) is 19.0. The summed E-state index contributed by atoms with van der Waals surface area (Å²) in [7, 11) is -3.40. The number of sulfonamides is 1. The van der Waals surface area contributed by atoms with E-state index in [9.17, 15) is 18.3 Å². The highest BCUT2D eigenvalue weighted by atomic mass is 32.2. The first-order valence-corrected chi connectivity index (χ1v) is 14.2. The third kappa shape index (κ3) is 7.10.